The lowest BCUT2D eigenvalue weighted by Gasteiger charge is -2.29. The van der Waals surface area contributed by atoms with Crippen molar-refractivity contribution in [1.82, 2.24) is 0 Å². The van der Waals surface area contributed by atoms with Crippen LogP contribution >= 0.6 is 0 Å². The van der Waals surface area contributed by atoms with E-state index in [2.05, 4.69) is 5.92 Å². The van der Waals surface area contributed by atoms with E-state index in [4.69, 9.17) is 11.2 Å². The molecule has 1 aromatic carbocycles. The van der Waals surface area contributed by atoms with E-state index in [-0.39, 0.29) is 0 Å². The Kier molecular flexibility index (Phi) is 2.42. The Hall–Kier alpha value is -1.46. The molecule has 0 fully saturated rings. The zero-order valence-corrected chi connectivity index (χ0v) is 8.79. The van der Waals surface area contributed by atoms with Gasteiger partial charge >= 0.3 is 0 Å². The average molecular weight is 202 g/mol. The van der Waals surface area contributed by atoms with Crippen LogP contribution in [0, 0.1) is 12.3 Å². The lowest BCUT2D eigenvalue weighted by molar-refractivity contribution is 0.0860. The average Bonchev–Trinajstić information content (AvgIpc) is 2.28. The highest BCUT2D eigenvalue weighted by atomic mass is 16.5. The SMILES string of the molecule is C#CC1(O)CCc2c(cccc2OC)C1. The summed E-state index contributed by atoms with van der Waals surface area (Å²) in [5.74, 6) is 3.37. The van der Waals surface area contributed by atoms with Crippen LogP contribution in [0.25, 0.3) is 0 Å². The van der Waals surface area contributed by atoms with Crippen molar-refractivity contribution in [2.45, 2.75) is 24.9 Å². The fraction of sp³-hybridized carbons (Fsp3) is 0.385. The second kappa shape index (κ2) is 3.60. The lowest BCUT2D eigenvalue weighted by Crippen LogP contribution is -2.34. The van der Waals surface area contributed by atoms with Crippen LogP contribution in [-0.2, 0) is 12.8 Å². The molecule has 1 aliphatic rings. The number of aliphatic hydroxyl groups is 1. The summed E-state index contributed by atoms with van der Waals surface area (Å²) in [6, 6.07) is 5.87. The Balaban J connectivity index is 2.41. The zero-order chi connectivity index (χ0) is 10.9. The molecule has 0 saturated carbocycles. The molecule has 1 aromatic rings. The molecular weight excluding hydrogens is 188 g/mol. The highest BCUT2D eigenvalue weighted by Crippen LogP contribution is 2.33. The topological polar surface area (TPSA) is 29.5 Å². The number of rotatable bonds is 1. The fourth-order valence-corrected chi connectivity index (χ4v) is 2.11. The molecule has 0 saturated heterocycles. The Morgan fingerprint density at radius 1 is 1.53 bits per heavy atom. The van der Waals surface area contributed by atoms with E-state index in [1.165, 1.54) is 5.56 Å². The molecule has 1 aliphatic carbocycles. The molecule has 0 amide bonds. The summed E-state index contributed by atoms with van der Waals surface area (Å²) in [5, 5.41) is 10.0. The predicted octanol–water partition coefficient (Wildman–Crippen LogP) is 1.55. The summed E-state index contributed by atoms with van der Waals surface area (Å²) >= 11 is 0. The minimum atomic E-state index is -0.973. The highest BCUT2D eigenvalue weighted by molar-refractivity contribution is 5.44. The molecule has 2 rings (SSSR count). The third-order valence-corrected chi connectivity index (χ3v) is 2.99. The Morgan fingerprint density at radius 3 is 3.00 bits per heavy atom. The van der Waals surface area contributed by atoms with Crippen molar-refractivity contribution < 1.29 is 9.84 Å². The molecule has 2 heteroatoms. The first-order valence-electron chi connectivity index (χ1n) is 5.03. The van der Waals surface area contributed by atoms with Crippen molar-refractivity contribution in [3.63, 3.8) is 0 Å². The number of hydrogen-bond acceptors (Lipinski definition) is 2. The first-order chi connectivity index (χ1) is 7.18. The van der Waals surface area contributed by atoms with Gasteiger partial charge in [0.15, 0.2) is 0 Å². The molecule has 0 radical (unpaired) electrons. The van der Waals surface area contributed by atoms with Crippen LogP contribution in [-0.4, -0.2) is 17.8 Å². The Morgan fingerprint density at radius 2 is 2.33 bits per heavy atom. The first-order valence-corrected chi connectivity index (χ1v) is 5.03. The quantitative estimate of drug-likeness (QED) is 0.700. The summed E-state index contributed by atoms with van der Waals surface area (Å²) in [6.45, 7) is 0. The molecule has 1 unspecified atom stereocenters. The van der Waals surface area contributed by atoms with Gasteiger partial charge in [0.05, 0.1) is 7.11 Å². The van der Waals surface area contributed by atoms with Gasteiger partial charge in [0, 0.05) is 6.42 Å². The maximum atomic E-state index is 10.0. The molecule has 0 aliphatic heterocycles. The van der Waals surface area contributed by atoms with Gasteiger partial charge in [-0.1, -0.05) is 18.1 Å². The third-order valence-electron chi connectivity index (χ3n) is 2.99. The van der Waals surface area contributed by atoms with Crippen molar-refractivity contribution in [2.24, 2.45) is 0 Å². The van der Waals surface area contributed by atoms with E-state index in [0.717, 1.165) is 17.7 Å². The van der Waals surface area contributed by atoms with E-state index in [1.54, 1.807) is 7.11 Å². The molecule has 0 spiro atoms. The number of hydrogen-bond donors (Lipinski definition) is 1. The summed E-state index contributed by atoms with van der Waals surface area (Å²) in [7, 11) is 1.66. The summed E-state index contributed by atoms with van der Waals surface area (Å²) < 4.78 is 5.28. The smallest absolute Gasteiger partial charge is 0.129 e. The largest absolute Gasteiger partial charge is 0.496 e. The molecular formula is C13H14O2. The van der Waals surface area contributed by atoms with E-state index >= 15 is 0 Å². The van der Waals surface area contributed by atoms with Gasteiger partial charge in [-0.05, 0) is 30.0 Å². The van der Waals surface area contributed by atoms with Gasteiger partial charge in [-0.25, -0.2) is 0 Å². The van der Waals surface area contributed by atoms with E-state index in [1.807, 2.05) is 18.2 Å². The van der Waals surface area contributed by atoms with Gasteiger partial charge in [0.2, 0.25) is 0 Å². The second-order valence-corrected chi connectivity index (χ2v) is 3.95. The van der Waals surface area contributed by atoms with Crippen LogP contribution in [0.1, 0.15) is 17.5 Å². The van der Waals surface area contributed by atoms with Gasteiger partial charge < -0.3 is 9.84 Å². The minimum Gasteiger partial charge on any atom is -0.496 e. The summed E-state index contributed by atoms with van der Waals surface area (Å²) in [4.78, 5) is 0. The van der Waals surface area contributed by atoms with Crippen LogP contribution < -0.4 is 4.74 Å². The molecule has 0 heterocycles. The van der Waals surface area contributed by atoms with Gasteiger partial charge in [0.25, 0.3) is 0 Å². The molecule has 1 atom stereocenters. The van der Waals surface area contributed by atoms with Crippen molar-refractivity contribution in [1.29, 1.82) is 0 Å². The van der Waals surface area contributed by atoms with Crippen LogP contribution in [0.5, 0.6) is 5.75 Å². The van der Waals surface area contributed by atoms with E-state index < -0.39 is 5.60 Å². The number of fused-ring (bicyclic) bond motifs is 1. The standard InChI is InChI=1S/C13H14O2/c1-3-13(14)8-7-11-10(9-13)5-4-6-12(11)15-2/h1,4-6,14H,7-9H2,2H3. The van der Waals surface area contributed by atoms with E-state index in [0.29, 0.717) is 12.8 Å². The van der Waals surface area contributed by atoms with Crippen molar-refractivity contribution in [3.8, 4) is 18.1 Å². The predicted molar refractivity (Wildman–Crippen MR) is 58.8 cm³/mol. The van der Waals surface area contributed by atoms with Crippen LogP contribution in [0.4, 0.5) is 0 Å². The molecule has 15 heavy (non-hydrogen) atoms. The van der Waals surface area contributed by atoms with Crippen molar-refractivity contribution in [3.05, 3.63) is 29.3 Å². The van der Waals surface area contributed by atoms with Gasteiger partial charge in [-0.3, -0.25) is 0 Å². The maximum Gasteiger partial charge on any atom is 0.129 e. The number of methoxy groups -OCH3 is 1. The molecule has 0 bridgehead atoms. The van der Waals surface area contributed by atoms with Crippen LogP contribution in [0.3, 0.4) is 0 Å². The number of terminal acetylenes is 1. The first kappa shape index (κ1) is 10.1. The molecule has 0 aromatic heterocycles. The Bertz CT molecular complexity index is 417. The summed E-state index contributed by atoms with van der Waals surface area (Å²) in [5.41, 5.74) is 1.31. The van der Waals surface area contributed by atoms with Gasteiger partial charge in [-0.15, -0.1) is 6.42 Å². The fourth-order valence-electron chi connectivity index (χ4n) is 2.11. The van der Waals surface area contributed by atoms with Crippen molar-refractivity contribution in [2.75, 3.05) is 7.11 Å². The van der Waals surface area contributed by atoms with E-state index in [9.17, 15) is 5.11 Å². The minimum absolute atomic E-state index is 0.524. The zero-order valence-electron chi connectivity index (χ0n) is 8.79. The summed E-state index contributed by atoms with van der Waals surface area (Å²) in [6.07, 6.45) is 7.24. The third kappa shape index (κ3) is 1.71. The highest BCUT2D eigenvalue weighted by Gasteiger charge is 2.31. The van der Waals surface area contributed by atoms with Crippen molar-refractivity contribution >= 4 is 0 Å². The number of benzene rings is 1. The van der Waals surface area contributed by atoms with Crippen LogP contribution in [0.2, 0.25) is 0 Å². The second-order valence-electron chi connectivity index (χ2n) is 3.95. The van der Waals surface area contributed by atoms with Gasteiger partial charge in [-0.2, -0.15) is 0 Å². The Labute approximate surface area is 89.9 Å². The monoisotopic (exact) mass is 202 g/mol. The van der Waals surface area contributed by atoms with Gasteiger partial charge in [0.1, 0.15) is 11.4 Å². The molecule has 78 valence electrons. The lowest BCUT2D eigenvalue weighted by atomic mass is 9.80. The number of ether oxygens (including phenoxy) is 1. The molecule has 2 nitrogen and oxygen atoms in total. The normalized spacial score (nSPS) is 24.1. The maximum absolute atomic E-state index is 10.0. The van der Waals surface area contributed by atoms with Crippen LogP contribution in [0.15, 0.2) is 18.2 Å². The molecule has 1 N–H and O–H groups in total.